The van der Waals surface area contributed by atoms with Crippen LogP contribution in [0.25, 0.3) is 16.9 Å². The van der Waals surface area contributed by atoms with Crippen molar-refractivity contribution in [1.29, 1.82) is 0 Å². The second-order valence-electron chi connectivity index (χ2n) is 4.96. The Labute approximate surface area is 131 Å². The summed E-state index contributed by atoms with van der Waals surface area (Å²) in [4.78, 5) is 16.7. The molecule has 0 saturated heterocycles. The number of rotatable bonds is 4. The van der Waals surface area contributed by atoms with Gasteiger partial charge >= 0.3 is 0 Å². The molecule has 4 aromatic heterocycles. The highest BCUT2D eigenvalue weighted by Crippen LogP contribution is 2.16. The molecule has 114 valence electrons. The van der Waals surface area contributed by atoms with E-state index in [4.69, 9.17) is 0 Å². The first-order valence-electron chi connectivity index (χ1n) is 6.99. The lowest BCUT2D eigenvalue weighted by atomic mass is 10.4. The fourth-order valence-electron chi connectivity index (χ4n) is 2.25. The number of pyridine rings is 1. The van der Waals surface area contributed by atoms with E-state index in [2.05, 4.69) is 35.6 Å². The first-order chi connectivity index (χ1) is 11.3. The average Bonchev–Trinajstić information content (AvgIpc) is 3.22. The van der Waals surface area contributed by atoms with Crippen molar-refractivity contribution in [3.05, 3.63) is 49.1 Å². The summed E-state index contributed by atoms with van der Waals surface area (Å²) in [6.45, 7) is 0.494. The van der Waals surface area contributed by atoms with E-state index in [0.717, 1.165) is 22.5 Å². The molecular formula is C14H13N9. The van der Waals surface area contributed by atoms with E-state index in [1.54, 1.807) is 23.4 Å². The minimum Gasteiger partial charge on any atom is -0.362 e. The lowest BCUT2D eigenvalue weighted by Gasteiger charge is -2.03. The maximum atomic E-state index is 4.31. The van der Waals surface area contributed by atoms with Crippen LogP contribution in [0.15, 0.2) is 43.4 Å². The summed E-state index contributed by atoms with van der Waals surface area (Å²) in [5.41, 5.74) is 3.22. The Balaban J connectivity index is 1.54. The van der Waals surface area contributed by atoms with Crippen molar-refractivity contribution in [2.45, 2.75) is 6.54 Å². The highest BCUT2D eigenvalue weighted by Gasteiger charge is 2.09. The lowest BCUT2D eigenvalue weighted by molar-refractivity contribution is 0.797. The molecule has 0 atom stereocenters. The van der Waals surface area contributed by atoms with Gasteiger partial charge in [-0.2, -0.15) is 0 Å². The van der Waals surface area contributed by atoms with Gasteiger partial charge in [0.15, 0.2) is 11.5 Å². The SMILES string of the molecule is Cn1cnc2c(NCc3cn(-c4ccncc4)nn3)ncnc21. The molecule has 0 aliphatic carbocycles. The summed E-state index contributed by atoms with van der Waals surface area (Å²) in [6, 6.07) is 3.74. The van der Waals surface area contributed by atoms with Gasteiger partial charge in [0.05, 0.1) is 24.8 Å². The van der Waals surface area contributed by atoms with Gasteiger partial charge in [0.1, 0.15) is 17.5 Å². The van der Waals surface area contributed by atoms with Crippen molar-refractivity contribution >= 4 is 17.0 Å². The van der Waals surface area contributed by atoms with Crippen LogP contribution in [-0.2, 0) is 13.6 Å². The van der Waals surface area contributed by atoms with Crippen molar-refractivity contribution in [2.24, 2.45) is 7.05 Å². The van der Waals surface area contributed by atoms with E-state index in [-0.39, 0.29) is 0 Å². The fraction of sp³-hybridized carbons (Fsp3) is 0.143. The van der Waals surface area contributed by atoms with Gasteiger partial charge in [-0.15, -0.1) is 5.10 Å². The summed E-state index contributed by atoms with van der Waals surface area (Å²) < 4.78 is 3.55. The maximum Gasteiger partial charge on any atom is 0.165 e. The van der Waals surface area contributed by atoms with Crippen LogP contribution in [0.5, 0.6) is 0 Å². The van der Waals surface area contributed by atoms with Crippen LogP contribution in [0.2, 0.25) is 0 Å². The largest absolute Gasteiger partial charge is 0.362 e. The lowest BCUT2D eigenvalue weighted by Crippen LogP contribution is -2.03. The van der Waals surface area contributed by atoms with Gasteiger partial charge in [-0.05, 0) is 12.1 Å². The molecule has 9 nitrogen and oxygen atoms in total. The van der Waals surface area contributed by atoms with Gasteiger partial charge in [-0.25, -0.2) is 19.6 Å². The average molecular weight is 307 g/mol. The smallest absolute Gasteiger partial charge is 0.165 e. The molecule has 23 heavy (non-hydrogen) atoms. The molecule has 0 fully saturated rings. The van der Waals surface area contributed by atoms with Crippen molar-refractivity contribution in [1.82, 2.24) is 39.5 Å². The van der Waals surface area contributed by atoms with Crippen LogP contribution in [-0.4, -0.2) is 39.5 Å². The molecule has 0 amide bonds. The monoisotopic (exact) mass is 307 g/mol. The number of nitrogens with zero attached hydrogens (tertiary/aromatic N) is 8. The predicted octanol–water partition coefficient (Wildman–Crippen LogP) is 0.951. The Morgan fingerprint density at radius 3 is 2.87 bits per heavy atom. The third-order valence-electron chi connectivity index (χ3n) is 3.40. The number of fused-ring (bicyclic) bond motifs is 1. The number of aryl methyl sites for hydroxylation is 1. The van der Waals surface area contributed by atoms with Crippen molar-refractivity contribution in [3.63, 3.8) is 0 Å². The number of hydrogen-bond acceptors (Lipinski definition) is 7. The molecule has 4 heterocycles. The first-order valence-corrected chi connectivity index (χ1v) is 6.99. The van der Waals surface area contributed by atoms with Gasteiger partial charge in [-0.3, -0.25) is 4.98 Å². The van der Waals surface area contributed by atoms with E-state index < -0.39 is 0 Å². The molecule has 0 unspecified atom stereocenters. The summed E-state index contributed by atoms with van der Waals surface area (Å²) >= 11 is 0. The van der Waals surface area contributed by atoms with Crippen LogP contribution in [0.4, 0.5) is 5.82 Å². The zero-order chi connectivity index (χ0) is 15.6. The van der Waals surface area contributed by atoms with E-state index in [0.29, 0.717) is 12.4 Å². The number of imidazole rings is 1. The zero-order valence-electron chi connectivity index (χ0n) is 12.3. The van der Waals surface area contributed by atoms with Crippen LogP contribution in [0, 0.1) is 0 Å². The fourth-order valence-corrected chi connectivity index (χ4v) is 2.25. The summed E-state index contributed by atoms with van der Waals surface area (Å²) in [5, 5.41) is 11.5. The Morgan fingerprint density at radius 2 is 2.00 bits per heavy atom. The van der Waals surface area contributed by atoms with E-state index in [1.807, 2.05) is 29.9 Å². The molecule has 0 spiro atoms. The summed E-state index contributed by atoms with van der Waals surface area (Å²) in [6.07, 6.45) is 8.52. The van der Waals surface area contributed by atoms with Gasteiger partial charge in [0.2, 0.25) is 0 Å². The Bertz CT molecular complexity index is 941. The topological polar surface area (TPSA) is 99.2 Å². The van der Waals surface area contributed by atoms with Gasteiger partial charge in [-0.1, -0.05) is 5.21 Å². The third-order valence-corrected chi connectivity index (χ3v) is 3.40. The predicted molar refractivity (Wildman–Crippen MR) is 82.8 cm³/mol. The Morgan fingerprint density at radius 1 is 1.13 bits per heavy atom. The van der Waals surface area contributed by atoms with E-state index in [9.17, 15) is 0 Å². The van der Waals surface area contributed by atoms with Crippen LogP contribution >= 0.6 is 0 Å². The normalized spacial score (nSPS) is 11.0. The molecule has 0 bridgehead atoms. The molecule has 0 aliphatic rings. The minimum atomic E-state index is 0.494. The molecule has 0 radical (unpaired) electrons. The molecule has 1 N–H and O–H groups in total. The molecule has 4 aromatic rings. The summed E-state index contributed by atoms with van der Waals surface area (Å²) in [7, 11) is 1.90. The molecule has 4 rings (SSSR count). The van der Waals surface area contributed by atoms with Crippen LogP contribution in [0.3, 0.4) is 0 Å². The van der Waals surface area contributed by atoms with Crippen molar-refractivity contribution < 1.29 is 0 Å². The van der Waals surface area contributed by atoms with Gasteiger partial charge in [0, 0.05) is 19.4 Å². The quantitative estimate of drug-likeness (QED) is 0.599. The van der Waals surface area contributed by atoms with Crippen LogP contribution < -0.4 is 5.32 Å². The van der Waals surface area contributed by atoms with Crippen LogP contribution in [0.1, 0.15) is 5.69 Å². The standard InChI is InChI=1S/C14H13N9/c1-22-9-19-12-13(17-8-18-14(12)22)16-6-10-7-23(21-20-10)11-2-4-15-5-3-11/h2-5,7-9H,6H2,1H3,(H,16,17,18). The molecule has 0 aromatic carbocycles. The molecular weight excluding hydrogens is 294 g/mol. The number of anilines is 1. The molecule has 0 aliphatic heterocycles. The second kappa shape index (κ2) is 5.44. The third kappa shape index (κ3) is 2.48. The summed E-state index contributed by atoms with van der Waals surface area (Å²) in [5.74, 6) is 0.675. The minimum absolute atomic E-state index is 0.494. The highest BCUT2D eigenvalue weighted by molar-refractivity contribution is 5.82. The molecule has 0 saturated carbocycles. The van der Waals surface area contributed by atoms with Crippen molar-refractivity contribution in [3.8, 4) is 5.69 Å². The van der Waals surface area contributed by atoms with Crippen molar-refractivity contribution in [2.75, 3.05) is 5.32 Å². The molecule has 9 heteroatoms. The number of aromatic nitrogens is 8. The first kappa shape index (κ1) is 13.3. The zero-order valence-corrected chi connectivity index (χ0v) is 12.3. The highest BCUT2D eigenvalue weighted by atomic mass is 15.4. The Hall–Kier alpha value is -3.36. The van der Waals surface area contributed by atoms with Gasteiger partial charge < -0.3 is 9.88 Å². The number of nitrogens with one attached hydrogen (secondary N) is 1. The maximum absolute atomic E-state index is 4.31. The van der Waals surface area contributed by atoms with E-state index >= 15 is 0 Å². The Kier molecular flexibility index (Phi) is 3.15. The number of hydrogen-bond donors (Lipinski definition) is 1. The van der Waals surface area contributed by atoms with Gasteiger partial charge in [0.25, 0.3) is 0 Å². The second-order valence-corrected chi connectivity index (χ2v) is 4.96. The van der Waals surface area contributed by atoms with E-state index in [1.165, 1.54) is 6.33 Å².